The van der Waals surface area contributed by atoms with Crippen molar-refractivity contribution in [2.75, 3.05) is 6.61 Å². The third-order valence-corrected chi connectivity index (χ3v) is 1.82. The monoisotopic (exact) mass is 335 g/mol. The standard InChI is InChI=1S/C8H15NO7.H2O4S/c1-3(11)9-8(16)7(15)6(14)5(13)4(12)2-10;1-5(2,3)4/h4-7,10,12-15H,2H2,1H3,(H,9,11,16);(H2,1,2,3,4)/t4-,5+,6+,7-;/m1./s1. The maximum Gasteiger partial charge on any atom is 0.394 e. The lowest BCUT2D eigenvalue weighted by Crippen LogP contribution is -2.52. The van der Waals surface area contributed by atoms with Crippen LogP contribution in [0.5, 0.6) is 0 Å². The Hall–Kier alpha value is -1.19. The maximum atomic E-state index is 11.0. The Morgan fingerprint density at radius 3 is 1.71 bits per heavy atom. The van der Waals surface area contributed by atoms with Crippen molar-refractivity contribution in [3.63, 3.8) is 0 Å². The minimum atomic E-state index is -4.67. The third-order valence-electron chi connectivity index (χ3n) is 1.82. The van der Waals surface area contributed by atoms with Crippen molar-refractivity contribution < 1.29 is 52.6 Å². The van der Waals surface area contributed by atoms with Gasteiger partial charge in [0.05, 0.1) is 6.61 Å². The summed E-state index contributed by atoms with van der Waals surface area (Å²) in [4.78, 5) is 21.5. The fourth-order valence-corrected chi connectivity index (χ4v) is 0.925. The van der Waals surface area contributed by atoms with Crippen molar-refractivity contribution in [2.24, 2.45) is 0 Å². The number of rotatable bonds is 5. The van der Waals surface area contributed by atoms with Gasteiger partial charge < -0.3 is 25.5 Å². The molecule has 0 aromatic heterocycles. The first-order valence-electron chi connectivity index (χ1n) is 5.15. The molecule has 13 heteroatoms. The summed E-state index contributed by atoms with van der Waals surface area (Å²) in [5.41, 5.74) is 0. The molecule has 0 fully saturated rings. The molecule has 4 atom stereocenters. The van der Waals surface area contributed by atoms with Gasteiger partial charge in [0, 0.05) is 6.92 Å². The van der Waals surface area contributed by atoms with Gasteiger partial charge in [-0.05, 0) is 0 Å². The van der Waals surface area contributed by atoms with Crippen LogP contribution in [-0.2, 0) is 20.0 Å². The summed E-state index contributed by atoms with van der Waals surface area (Å²) < 4.78 is 31.6. The van der Waals surface area contributed by atoms with E-state index >= 15 is 0 Å². The van der Waals surface area contributed by atoms with E-state index in [1.165, 1.54) is 0 Å². The minimum Gasteiger partial charge on any atom is -0.394 e. The SMILES string of the molecule is CC(=O)NC(=O)[C@H](O)[C@@H](O)[C@@H](O)[C@H](O)CO.O=S(=O)(O)O. The van der Waals surface area contributed by atoms with Gasteiger partial charge in [0.2, 0.25) is 5.91 Å². The van der Waals surface area contributed by atoms with E-state index in [0.29, 0.717) is 0 Å². The highest BCUT2D eigenvalue weighted by Gasteiger charge is 2.34. The number of hydrogen-bond acceptors (Lipinski definition) is 9. The second-order valence-electron chi connectivity index (χ2n) is 3.67. The van der Waals surface area contributed by atoms with Crippen molar-refractivity contribution in [1.29, 1.82) is 0 Å². The summed E-state index contributed by atoms with van der Waals surface area (Å²) in [6.07, 6.45) is -7.70. The quantitative estimate of drug-likeness (QED) is 0.223. The van der Waals surface area contributed by atoms with E-state index < -0.39 is 53.2 Å². The molecule has 0 unspecified atom stereocenters. The first-order valence-corrected chi connectivity index (χ1v) is 6.55. The second-order valence-corrected chi connectivity index (χ2v) is 4.56. The molecule has 0 aliphatic heterocycles. The average Bonchev–Trinajstić information content (AvgIpc) is 2.32. The molecular formula is C8H17NO11S. The number of hydrogen-bond donors (Lipinski definition) is 8. The zero-order valence-electron chi connectivity index (χ0n) is 10.7. The summed E-state index contributed by atoms with van der Waals surface area (Å²) in [6, 6.07) is 0. The van der Waals surface area contributed by atoms with Gasteiger partial charge >= 0.3 is 10.4 Å². The molecule has 8 N–H and O–H groups in total. The molecule has 0 saturated heterocycles. The van der Waals surface area contributed by atoms with Gasteiger partial charge in [0.25, 0.3) is 5.91 Å². The molecular weight excluding hydrogens is 318 g/mol. The smallest absolute Gasteiger partial charge is 0.394 e. The average molecular weight is 335 g/mol. The molecule has 0 bridgehead atoms. The van der Waals surface area contributed by atoms with E-state index in [2.05, 4.69) is 0 Å². The number of aliphatic hydroxyl groups is 5. The number of amides is 2. The first kappa shape index (κ1) is 22.1. The van der Waals surface area contributed by atoms with Gasteiger partial charge in [-0.3, -0.25) is 24.0 Å². The molecule has 126 valence electrons. The van der Waals surface area contributed by atoms with Crippen molar-refractivity contribution >= 4 is 22.2 Å². The lowest BCUT2D eigenvalue weighted by molar-refractivity contribution is -0.150. The number of carbonyl (C=O) groups excluding carboxylic acids is 2. The summed E-state index contributed by atoms with van der Waals surface area (Å²) in [7, 11) is -4.67. The molecule has 12 nitrogen and oxygen atoms in total. The zero-order chi connectivity index (χ0) is 17.4. The Bertz CT molecular complexity index is 428. The van der Waals surface area contributed by atoms with Crippen LogP contribution in [0.4, 0.5) is 0 Å². The molecule has 0 aliphatic rings. The van der Waals surface area contributed by atoms with Crippen LogP contribution in [0.3, 0.4) is 0 Å². The molecule has 0 heterocycles. The first-order chi connectivity index (χ1) is 9.31. The molecule has 2 amide bonds. The predicted molar refractivity (Wildman–Crippen MR) is 64.1 cm³/mol. The molecule has 0 aromatic rings. The van der Waals surface area contributed by atoms with Gasteiger partial charge in [0.1, 0.15) is 18.3 Å². The van der Waals surface area contributed by atoms with Gasteiger partial charge in [0.15, 0.2) is 6.10 Å². The van der Waals surface area contributed by atoms with Crippen LogP contribution < -0.4 is 5.32 Å². The van der Waals surface area contributed by atoms with Crippen molar-refractivity contribution in [2.45, 2.75) is 31.3 Å². The zero-order valence-corrected chi connectivity index (χ0v) is 11.5. The summed E-state index contributed by atoms with van der Waals surface area (Å²) in [6.45, 7) is 0.176. The van der Waals surface area contributed by atoms with E-state index in [1.807, 2.05) is 0 Å². The van der Waals surface area contributed by atoms with E-state index in [-0.39, 0.29) is 0 Å². The largest absolute Gasteiger partial charge is 0.394 e. The van der Waals surface area contributed by atoms with E-state index in [1.54, 1.807) is 5.32 Å². The van der Waals surface area contributed by atoms with E-state index in [0.717, 1.165) is 6.92 Å². The van der Waals surface area contributed by atoms with Crippen LogP contribution in [0.25, 0.3) is 0 Å². The minimum absolute atomic E-state index is 0.742. The van der Waals surface area contributed by atoms with Crippen molar-refractivity contribution in [3.05, 3.63) is 0 Å². The Labute approximate surface area is 119 Å². The lowest BCUT2D eigenvalue weighted by Gasteiger charge is -2.24. The molecule has 21 heavy (non-hydrogen) atoms. The van der Waals surface area contributed by atoms with E-state index in [9.17, 15) is 19.8 Å². The number of nitrogens with one attached hydrogen (secondary N) is 1. The maximum absolute atomic E-state index is 11.0. The van der Waals surface area contributed by atoms with Crippen LogP contribution in [0, 0.1) is 0 Å². The van der Waals surface area contributed by atoms with Gasteiger partial charge in [-0.15, -0.1) is 0 Å². The fraction of sp³-hybridized carbons (Fsp3) is 0.750. The molecule has 0 rings (SSSR count). The molecule has 0 saturated carbocycles. The highest BCUT2D eigenvalue weighted by Crippen LogP contribution is 2.05. The van der Waals surface area contributed by atoms with Crippen LogP contribution in [0.1, 0.15) is 6.92 Å². The molecule has 0 radical (unpaired) electrons. The van der Waals surface area contributed by atoms with Gasteiger partial charge in [-0.1, -0.05) is 0 Å². The number of carbonyl (C=O) groups is 2. The van der Waals surface area contributed by atoms with Crippen LogP contribution in [-0.4, -0.2) is 85.9 Å². The summed E-state index contributed by atoms with van der Waals surface area (Å²) in [5.74, 6) is -1.95. The topological polar surface area (TPSA) is 222 Å². The second kappa shape index (κ2) is 9.69. The number of aliphatic hydroxyl groups excluding tert-OH is 5. The van der Waals surface area contributed by atoms with Crippen LogP contribution >= 0.6 is 0 Å². The Balaban J connectivity index is 0. The van der Waals surface area contributed by atoms with Crippen molar-refractivity contribution in [1.82, 2.24) is 5.32 Å². The fourth-order valence-electron chi connectivity index (χ4n) is 0.925. The number of imide groups is 1. The summed E-state index contributed by atoms with van der Waals surface area (Å²) >= 11 is 0. The molecule has 0 aliphatic carbocycles. The van der Waals surface area contributed by atoms with Gasteiger partial charge in [-0.2, -0.15) is 8.42 Å². The summed E-state index contributed by atoms with van der Waals surface area (Å²) in [5, 5.41) is 46.7. The Morgan fingerprint density at radius 1 is 1.05 bits per heavy atom. The van der Waals surface area contributed by atoms with Crippen LogP contribution in [0.15, 0.2) is 0 Å². The molecule has 0 aromatic carbocycles. The highest BCUT2D eigenvalue weighted by atomic mass is 32.3. The third kappa shape index (κ3) is 12.3. The Morgan fingerprint density at radius 2 is 1.43 bits per heavy atom. The normalized spacial score (nSPS) is 16.8. The Kier molecular flexibility index (Phi) is 10.2. The van der Waals surface area contributed by atoms with E-state index in [4.69, 9.17) is 32.8 Å². The van der Waals surface area contributed by atoms with Crippen molar-refractivity contribution in [3.8, 4) is 0 Å². The van der Waals surface area contributed by atoms with Crippen LogP contribution in [0.2, 0.25) is 0 Å². The predicted octanol–water partition coefficient (Wildman–Crippen LogP) is -4.57. The van der Waals surface area contributed by atoms with Gasteiger partial charge in [-0.25, -0.2) is 0 Å². The highest BCUT2D eigenvalue weighted by molar-refractivity contribution is 7.79. The lowest BCUT2D eigenvalue weighted by atomic mass is 10.0. The molecule has 0 spiro atoms.